The van der Waals surface area contributed by atoms with Gasteiger partial charge in [0.15, 0.2) is 0 Å². The number of carbonyl (C=O) groups is 1. The molecule has 1 heterocycles. The highest BCUT2D eigenvalue weighted by Gasteiger charge is 2.22. The molecule has 1 rings (SSSR count). The van der Waals surface area contributed by atoms with E-state index < -0.39 is 6.04 Å². The highest BCUT2D eigenvalue weighted by Crippen LogP contribution is 2.09. The number of hydrogen-bond acceptors (Lipinski definition) is 4. The van der Waals surface area contributed by atoms with Crippen LogP contribution in [0.3, 0.4) is 0 Å². The first-order valence-electron chi connectivity index (χ1n) is 5.81. The van der Waals surface area contributed by atoms with Crippen molar-refractivity contribution in [3.63, 3.8) is 0 Å². The van der Waals surface area contributed by atoms with Crippen molar-refractivity contribution < 1.29 is 4.79 Å². The van der Waals surface area contributed by atoms with E-state index in [0.717, 1.165) is 12.1 Å². The van der Waals surface area contributed by atoms with Gasteiger partial charge in [0, 0.05) is 19.4 Å². The maximum Gasteiger partial charge on any atom is 0.239 e. The fraction of sp³-hybridized carbons (Fsp3) is 0.583. The number of nitrogens with zero attached hydrogens (tertiary/aromatic N) is 3. The third-order valence-corrected chi connectivity index (χ3v) is 2.93. The normalized spacial score (nSPS) is 13.3. The van der Waals surface area contributed by atoms with Crippen molar-refractivity contribution in [2.24, 2.45) is 11.7 Å². The largest absolute Gasteiger partial charge is 0.338 e. The van der Waals surface area contributed by atoms with Gasteiger partial charge in [-0.15, -0.1) is 12.4 Å². The summed E-state index contributed by atoms with van der Waals surface area (Å²) < 4.78 is 0. The predicted octanol–water partition coefficient (Wildman–Crippen LogP) is 1.23. The van der Waals surface area contributed by atoms with E-state index in [9.17, 15) is 4.79 Å². The van der Waals surface area contributed by atoms with Crippen LogP contribution < -0.4 is 5.73 Å². The number of halogens is 1. The topological polar surface area (TPSA) is 72.1 Å². The minimum absolute atomic E-state index is 0. The van der Waals surface area contributed by atoms with Crippen molar-refractivity contribution in [2.45, 2.75) is 32.9 Å². The molecule has 0 aromatic carbocycles. The van der Waals surface area contributed by atoms with Gasteiger partial charge in [-0.2, -0.15) is 0 Å². The molecule has 0 bridgehead atoms. The first-order chi connectivity index (χ1) is 8.06. The molecule has 0 saturated carbocycles. The smallest absolute Gasteiger partial charge is 0.239 e. The van der Waals surface area contributed by atoms with Crippen molar-refractivity contribution in [3.05, 3.63) is 24.3 Å². The van der Waals surface area contributed by atoms with Crippen molar-refractivity contribution in [1.82, 2.24) is 14.9 Å². The molecular formula is C12H21ClN4O. The van der Waals surface area contributed by atoms with Crippen LogP contribution in [0.4, 0.5) is 0 Å². The molecule has 18 heavy (non-hydrogen) atoms. The lowest BCUT2D eigenvalue weighted by Gasteiger charge is -2.24. The van der Waals surface area contributed by atoms with Gasteiger partial charge in [-0.3, -0.25) is 14.8 Å². The standard InChI is InChI=1S/C12H20N4O.ClH/c1-4-9(2)11(13)12(17)16(3)8-10-7-14-5-6-15-10;/h5-7,9,11H,4,8,13H2,1-3H3;1H. The summed E-state index contributed by atoms with van der Waals surface area (Å²) in [6.07, 6.45) is 5.77. The van der Waals surface area contributed by atoms with E-state index in [-0.39, 0.29) is 24.2 Å². The second kappa shape index (κ2) is 8.00. The van der Waals surface area contributed by atoms with Gasteiger partial charge in [0.2, 0.25) is 5.91 Å². The fourth-order valence-electron chi connectivity index (χ4n) is 1.48. The van der Waals surface area contributed by atoms with E-state index in [0.29, 0.717) is 6.54 Å². The van der Waals surface area contributed by atoms with Crippen LogP contribution in [0.5, 0.6) is 0 Å². The SMILES string of the molecule is CCC(C)C(N)C(=O)N(C)Cc1cnccn1.Cl. The lowest BCUT2D eigenvalue weighted by molar-refractivity contribution is -0.133. The number of amides is 1. The summed E-state index contributed by atoms with van der Waals surface area (Å²) in [7, 11) is 1.74. The van der Waals surface area contributed by atoms with Crippen LogP contribution >= 0.6 is 12.4 Å². The van der Waals surface area contributed by atoms with Crippen LogP contribution in [-0.4, -0.2) is 33.9 Å². The van der Waals surface area contributed by atoms with E-state index in [2.05, 4.69) is 9.97 Å². The molecule has 102 valence electrons. The highest BCUT2D eigenvalue weighted by atomic mass is 35.5. The first-order valence-corrected chi connectivity index (χ1v) is 5.81. The van der Waals surface area contributed by atoms with Gasteiger partial charge in [-0.05, 0) is 5.92 Å². The number of hydrogen-bond donors (Lipinski definition) is 1. The number of likely N-dealkylation sites (N-methyl/N-ethyl adjacent to an activating group) is 1. The zero-order valence-corrected chi connectivity index (χ0v) is 11.9. The Hall–Kier alpha value is -1.20. The summed E-state index contributed by atoms with van der Waals surface area (Å²) in [6, 6.07) is -0.443. The van der Waals surface area contributed by atoms with Gasteiger partial charge in [0.1, 0.15) is 0 Å². The Bertz CT molecular complexity index is 360. The van der Waals surface area contributed by atoms with Crippen molar-refractivity contribution in [3.8, 4) is 0 Å². The molecule has 0 aliphatic rings. The summed E-state index contributed by atoms with van der Waals surface area (Å²) in [4.78, 5) is 21.7. The molecule has 0 radical (unpaired) electrons. The average Bonchev–Trinajstić information content (AvgIpc) is 2.37. The Morgan fingerprint density at radius 1 is 1.50 bits per heavy atom. The summed E-state index contributed by atoms with van der Waals surface area (Å²) in [5.74, 6) is 0.136. The van der Waals surface area contributed by atoms with Crippen LogP contribution in [0.25, 0.3) is 0 Å². The molecule has 2 unspecified atom stereocenters. The lowest BCUT2D eigenvalue weighted by atomic mass is 9.99. The molecular weight excluding hydrogens is 252 g/mol. The average molecular weight is 273 g/mol. The minimum Gasteiger partial charge on any atom is -0.338 e. The quantitative estimate of drug-likeness (QED) is 0.875. The Balaban J connectivity index is 0.00000289. The minimum atomic E-state index is -0.443. The zero-order valence-electron chi connectivity index (χ0n) is 11.0. The van der Waals surface area contributed by atoms with Gasteiger partial charge in [0.25, 0.3) is 0 Å². The van der Waals surface area contributed by atoms with Gasteiger partial charge < -0.3 is 10.6 Å². The van der Waals surface area contributed by atoms with Gasteiger partial charge in [-0.25, -0.2) is 0 Å². The van der Waals surface area contributed by atoms with Gasteiger partial charge in [-0.1, -0.05) is 20.3 Å². The molecule has 1 aromatic heterocycles. The molecule has 0 spiro atoms. The Kier molecular flexibility index (Phi) is 7.47. The molecule has 2 atom stereocenters. The van der Waals surface area contributed by atoms with Crippen molar-refractivity contribution in [2.75, 3.05) is 7.05 Å². The molecule has 0 saturated heterocycles. The lowest BCUT2D eigenvalue weighted by Crippen LogP contribution is -2.45. The second-order valence-corrected chi connectivity index (χ2v) is 4.30. The monoisotopic (exact) mass is 272 g/mol. The number of nitrogens with two attached hydrogens (primary N) is 1. The molecule has 1 aromatic rings. The molecule has 2 N–H and O–H groups in total. The van der Waals surface area contributed by atoms with Crippen LogP contribution in [-0.2, 0) is 11.3 Å². The highest BCUT2D eigenvalue weighted by molar-refractivity contribution is 5.85. The van der Waals surface area contributed by atoms with E-state index in [1.165, 1.54) is 0 Å². The van der Waals surface area contributed by atoms with Crippen molar-refractivity contribution in [1.29, 1.82) is 0 Å². The summed E-state index contributed by atoms with van der Waals surface area (Å²) in [5, 5.41) is 0. The van der Waals surface area contributed by atoms with Crippen LogP contribution in [0.15, 0.2) is 18.6 Å². The Morgan fingerprint density at radius 2 is 2.17 bits per heavy atom. The summed E-state index contributed by atoms with van der Waals surface area (Å²) >= 11 is 0. The van der Waals surface area contributed by atoms with Gasteiger partial charge in [0.05, 0.1) is 24.5 Å². The molecule has 0 aliphatic heterocycles. The Morgan fingerprint density at radius 3 is 2.67 bits per heavy atom. The maximum atomic E-state index is 12.0. The Labute approximate surface area is 114 Å². The zero-order chi connectivity index (χ0) is 12.8. The first kappa shape index (κ1) is 16.8. The van der Waals surface area contributed by atoms with Crippen LogP contribution in [0.2, 0.25) is 0 Å². The van der Waals surface area contributed by atoms with Crippen LogP contribution in [0, 0.1) is 5.92 Å². The maximum absolute atomic E-state index is 12.0. The summed E-state index contributed by atoms with van der Waals surface area (Å²) in [5.41, 5.74) is 6.66. The third kappa shape index (κ3) is 4.58. The molecule has 1 amide bonds. The third-order valence-electron chi connectivity index (χ3n) is 2.93. The van der Waals surface area contributed by atoms with E-state index in [1.807, 2.05) is 13.8 Å². The number of carbonyl (C=O) groups excluding carboxylic acids is 1. The van der Waals surface area contributed by atoms with E-state index >= 15 is 0 Å². The summed E-state index contributed by atoms with van der Waals surface area (Å²) in [6.45, 7) is 4.45. The van der Waals surface area contributed by atoms with Crippen LogP contribution in [0.1, 0.15) is 26.0 Å². The number of rotatable bonds is 5. The van der Waals surface area contributed by atoms with E-state index in [1.54, 1.807) is 30.5 Å². The van der Waals surface area contributed by atoms with Gasteiger partial charge >= 0.3 is 0 Å². The predicted molar refractivity (Wildman–Crippen MR) is 73.2 cm³/mol. The molecule has 0 aliphatic carbocycles. The number of aromatic nitrogens is 2. The van der Waals surface area contributed by atoms with Crippen molar-refractivity contribution >= 4 is 18.3 Å². The molecule has 0 fully saturated rings. The molecule has 5 nitrogen and oxygen atoms in total. The second-order valence-electron chi connectivity index (χ2n) is 4.30. The fourth-order valence-corrected chi connectivity index (χ4v) is 1.48. The van der Waals surface area contributed by atoms with E-state index in [4.69, 9.17) is 5.73 Å². The molecule has 6 heteroatoms.